The molecule has 0 fully saturated rings. The molecule has 0 spiro atoms. The number of esters is 1. The number of carbonyl (C=O) groups excluding carboxylic acids is 2. The molecule has 2 aromatic rings. The number of aryl methyl sites for hydroxylation is 1. The number of nitriles is 1. The summed E-state index contributed by atoms with van der Waals surface area (Å²) in [5.41, 5.74) is 4.47. The molecule has 1 atom stereocenters. The van der Waals surface area contributed by atoms with E-state index in [2.05, 4.69) is 6.07 Å². The number of hydrogen-bond donors (Lipinski definition) is 0. The molecule has 1 unspecified atom stereocenters. The lowest BCUT2D eigenvalue weighted by Gasteiger charge is -2.32. The van der Waals surface area contributed by atoms with E-state index < -0.39 is 12.0 Å². The molecule has 0 saturated heterocycles. The first kappa shape index (κ1) is 24.1. The molecule has 2 rings (SSSR count). The van der Waals surface area contributed by atoms with E-state index in [1.54, 1.807) is 4.90 Å². The van der Waals surface area contributed by atoms with Gasteiger partial charge in [0, 0.05) is 13.0 Å². The molecule has 2 aromatic carbocycles. The van der Waals surface area contributed by atoms with Gasteiger partial charge in [-0.25, -0.2) is 4.79 Å². The summed E-state index contributed by atoms with van der Waals surface area (Å²) in [6, 6.07) is 15.2. The van der Waals surface area contributed by atoms with Crippen LogP contribution < -0.4 is 0 Å². The Labute approximate surface area is 185 Å². The summed E-state index contributed by atoms with van der Waals surface area (Å²) in [7, 11) is 1.36. The van der Waals surface area contributed by atoms with Crippen LogP contribution in [0.25, 0.3) is 11.1 Å². The fraction of sp³-hybridized carbons (Fsp3) is 0.423. The SMILES string of the molecule is CCCCC(=O)N(Cc1ccc(-c2cc(C)ccc2C#N)cc1)C(C(=O)OC)C(C)C. The smallest absolute Gasteiger partial charge is 0.328 e. The van der Waals surface area contributed by atoms with E-state index in [0.29, 0.717) is 18.5 Å². The van der Waals surface area contributed by atoms with Gasteiger partial charge in [-0.1, -0.05) is 69.2 Å². The zero-order valence-electron chi connectivity index (χ0n) is 19.1. The van der Waals surface area contributed by atoms with E-state index in [0.717, 1.165) is 35.1 Å². The Morgan fingerprint density at radius 3 is 2.35 bits per heavy atom. The van der Waals surface area contributed by atoms with Crippen LogP contribution in [0.15, 0.2) is 42.5 Å². The number of rotatable bonds is 9. The van der Waals surface area contributed by atoms with Crippen molar-refractivity contribution in [1.82, 2.24) is 4.90 Å². The highest BCUT2D eigenvalue weighted by molar-refractivity contribution is 5.84. The van der Waals surface area contributed by atoms with Crippen LogP contribution in [0.1, 0.15) is 56.7 Å². The number of amides is 1. The number of hydrogen-bond acceptors (Lipinski definition) is 4. The first-order valence-corrected chi connectivity index (χ1v) is 10.8. The molecule has 0 heterocycles. The molecule has 0 aliphatic heterocycles. The van der Waals surface area contributed by atoms with Crippen LogP contribution in [-0.2, 0) is 20.9 Å². The summed E-state index contributed by atoms with van der Waals surface area (Å²) in [4.78, 5) is 27.1. The van der Waals surface area contributed by atoms with Crippen molar-refractivity contribution in [1.29, 1.82) is 5.26 Å². The third-order valence-corrected chi connectivity index (χ3v) is 5.39. The molecule has 164 valence electrons. The highest BCUT2D eigenvalue weighted by Gasteiger charge is 2.33. The normalized spacial score (nSPS) is 11.6. The third kappa shape index (κ3) is 6.18. The number of nitrogens with zero attached hydrogens (tertiary/aromatic N) is 2. The zero-order valence-corrected chi connectivity index (χ0v) is 19.1. The van der Waals surface area contributed by atoms with Crippen molar-refractivity contribution in [3.8, 4) is 17.2 Å². The lowest BCUT2D eigenvalue weighted by Crippen LogP contribution is -2.48. The maximum Gasteiger partial charge on any atom is 0.328 e. The van der Waals surface area contributed by atoms with Gasteiger partial charge in [-0.15, -0.1) is 0 Å². The molecule has 0 bridgehead atoms. The summed E-state index contributed by atoms with van der Waals surface area (Å²) in [6.07, 6.45) is 2.10. The van der Waals surface area contributed by atoms with E-state index in [9.17, 15) is 14.9 Å². The lowest BCUT2D eigenvalue weighted by molar-refractivity contribution is -0.155. The standard InChI is InChI=1S/C26H32N2O3/c1-6-7-8-24(29)28(25(18(2)3)26(30)31-5)17-20-10-13-21(14-11-20)23-15-19(4)9-12-22(23)16-27/h9-15,18,25H,6-8,17H2,1-5H3. The fourth-order valence-electron chi connectivity index (χ4n) is 3.67. The molecule has 31 heavy (non-hydrogen) atoms. The number of benzene rings is 2. The minimum Gasteiger partial charge on any atom is -0.467 e. The van der Waals surface area contributed by atoms with Crippen LogP contribution >= 0.6 is 0 Å². The topological polar surface area (TPSA) is 70.4 Å². The second-order valence-electron chi connectivity index (χ2n) is 8.19. The Balaban J connectivity index is 2.34. The van der Waals surface area contributed by atoms with Crippen molar-refractivity contribution in [2.45, 2.75) is 59.5 Å². The van der Waals surface area contributed by atoms with Gasteiger partial charge in [0.25, 0.3) is 0 Å². The van der Waals surface area contributed by atoms with E-state index in [1.165, 1.54) is 7.11 Å². The van der Waals surface area contributed by atoms with Crippen LogP contribution in [0.5, 0.6) is 0 Å². The minimum atomic E-state index is -0.629. The van der Waals surface area contributed by atoms with Crippen LogP contribution in [0.4, 0.5) is 0 Å². The predicted octanol–water partition coefficient (Wildman–Crippen LogP) is 5.25. The van der Waals surface area contributed by atoms with Crippen molar-refractivity contribution in [2.75, 3.05) is 7.11 Å². The van der Waals surface area contributed by atoms with Gasteiger partial charge in [0.2, 0.25) is 5.91 Å². The fourth-order valence-corrected chi connectivity index (χ4v) is 3.67. The molecule has 0 N–H and O–H groups in total. The molecule has 5 heteroatoms. The van der Waals surface area contributed by atoms with Crippen LogP contribution in [0, 0.1) is 24.2 Å². The van der Waals surface area contributed by atoms with E-state index in [1.807, 2.05) is 70.2 Å². The first-order valence-electron chi connectivity index (χ1n) is 10.8. The van der Waals surface area contributed by atoms with Crippen LogP contribution in [0.3, 0.4) is 0 Å². The second-order valence-corrected chi connectivity index (χ2v) is 8.19. The highest BCUT2D eigenvalue weighted by atomic mass is 16.5. The average Bonchev–Trinajstić information content (AvgIpc) is 2.77. The number of carbonyl (C=O) groups is 2. The molecule has 0 aromatic heterocycles. The van der Waals surface area contributed by atoms with E-state index >= 15 is 0 Å². The molecule has 0 aliphatic rings. The second kappa shape index (κ2) is 11.3. The molecular formula is C26H32N2O3. The van der Waals surface area contributed by atoms with Crippen molar-refractivity contribution in [3.05, 3.63) is 59.2 Å². The van der Waals surface area contributed by atoms with E-state index in [4.69, 9.17) is 4.74 Å². The lowest BCUT2D eigenvalue weighted by atomic mass is 9.96. The molecule has 5 nitrogen and oxygen atoms in total. The number of unbranched alkanes of at least 4 members (excludes halogenated alkanes) is 1. The number of methoxy groups -OCH3 is 1. The Morgan fingerprint density at radius 1 is 1.13 bits per heavy atom. The van der Waals surface area contributed by atoms with Gasteiger partial charge < -0.3 is 9.64 Å². The maximum absolute atomic E-state index is 13.0. The summed E-state index contributed by atoms with van der Waals surface area (Å²) in [5, 5.41) is 9.43. The van der Waals surface area contributed by atoms with Crippen molar-refractivity contribution >= 4 is 11.9 Å². The van der Waals surface area contributed by atoms with Gasteiger partial charge in [0.15, 0.2) is 0 Å². The quantitative estimate of drug-likeness (QED) is 0.520. The Morgan fingerprint density at radius 2 is 1.81 bits per heavy atom. The van der Waals surface area contributed by atoms with Gasteiger partial charge >= 0.3 is 5.97 Å². The molecule has 0 saturated carbocycles. The van der Waals surface area contributed by atoms with Gasteiger partial charge in [-0.2, -0.15) is 5.26 Å². The maximum atomic E-state index is 13.0. The monoisotopic (exact) mass is 420 g/mol. The molecule has 0 radical (unpaired) electrons. The summed E-state index contributed by atoms with van der Waals surface area (Å²) in [6.45, 7) is 8.21. The highest BCUT2D eigenvalue weighted by Crippen LogP contribution is 2.26. The average molecular weight is 421 g/mol. The molecule has 1 amide bonds. The Hall–Kier alpha value is -3.13. The Kier molecular flexibility index (Phi) is 8.81. The largest absolute Gasteiger partial charge is 0.467 e. The van der Waals surface area contributed by atoms with Crippen molar-refractivity contribution in [2.24, 2.45) is 5.92 Å². The summed E-state index contributed by atoms with van der Waals surface area (Å²) < 4.78 is 5.00. The predicted molar refractivity (Wildman–Crippen MR) is 122 cm³/mol. The van der Waals surface area contributed by atoms with Crippen LogP contribution in [-0.4, -0.2) is 29.9 Å². The summed E-state index contributed by atoms with van der Waals surface area (Å²) in [5.74, 6) is -0.502. The van der Waals surface area contributed by atoms with Crippen LogP contribution in [0.2, 0.25) is 0 Å². The van der Waals surface area contributed by atoms with Gasteiger partial charge in [-0.05, 0) is 42.0 Å². The third-order valence-electron chi connectivity index (χ3n) is 5.39. The Bertz CT molecular complexity index is 942. The number of ether oxygens (including phenoxy) is 1. The minimum absolute atomic E-state index is 0.0412. The van der Waals surface area contributed by atoms with Crippen molar-refractivity contribution < 1.29 is 14.3 Å². The summed E-state index contributed by atoms with van der Waals surface area (Å²) >= 11 is 0. The molecular weight excluding hydrogens is 388 g/mol. The van der Waals surface area contributed by atoms with Crippen molar-refractivity contribution in [3.63, 3.8) is 0 Å². The van der Waals surface area contributed by atoms with Gasteiger partial charge in [0.1, 0.15) is 6.04 Å². The molecule has 0 aliphatic carbocycles. The van der Waals surface area contributed by atoms with Gasteiger partial charge in [-0.3, -0.25) is 4.79 Å². The first-order chi connectivity index (χ1) is 14.8. The van der Waals surface area contributed by atoms with Gasteiger partial charge in [0.05, 0.1) is 18.7 Å². The van der Waals surface area contributed by atoms with E-state index in [-0.39, 0.29) is 11.8 Å². The zero-order chi connectivity index (χ0) is 23.0.